The van der Waals surface area contributed by atoms with Crippen LogP contribution in [-0.2, 0) is 11.4 Å². The molecule has 4 bridgehead atoms. The van der Waals surface area contributed by atoms with Crippen molar-refractivity contribution < 1.29 is 23.4 Å². The maximum Gasteiger partial charge on any atom is 0.298 e. The molecule has 0 unspecified atom stereocenters. The van der Waals surface area contributed by atoms with Crippen molar-refractivity contribution >= 4 is 34.1 Å². The van der Waals surface area contributed by atoms with E-state index in [9.17, 15) is 18.7 Å². The Morgan fingerprint density at radius 3 is 2.97 bits per heavy atom. The zero-order valence-corrected chi connectivity index (χ0v) is 19.2. The average molecular weight is 491 g/mol. The molecule has 0 aliphatic carbocycles. The van der Waals surface area contributed by atoms with Crippen LogP contribution in [0.5, 0.6) is 5.75 Å². The van der Waals surface area contributed by atoms with Gasteiger partial charge in [-0.2, -0.15) is 0 Å². The number of fused-ring (bicyclic) bond motifs is 3. The molecular weight excluding hydrogens is 466 g/mol. The van der Waals surface area contributed by atoms with Crippen LogP contribution in [0.1, 0.15) is 17.8 Å². The minimum absolute atomic E-state index is 0.0664. The number of carbonyl (C=O) groups excluding carboxylic acids is 1. The first-order chi connectivity index (χ1) is 16.3. The topological polar surface area (TPSA) is 113 Å². The van der Waals surface area contributed by atoms with Crippen LogP contribution in [0.4, 0.5) is 14.6 Å². The molecular formula is C22H24F2N6O3S. The van der Waals surface area contributed by atoms with Gasteiger partial charge in [0.2, 0.25) is 5.91 Å². The Morgan fingerprint density at radius 2 is 2.18 bits per heavy atom. The van der Waals surface area contributed by atoms with E-state index in [0.717, 1.165) is 6.42 Å². The summed E-state index contributed by atoms with van der Waals surface area (Å²) in [6.45, 7) is -1.37. The predicted octanol–water partition coefficient (Wildman–Crippen LogP) is 2.26. The van der Waals surface area contributed by atoms with Crippen LogP contribution in [0.2, 0.25) is 0 Å². The summed E-state index contributed by atoms with van der Waals surface area (Å²) >= 11 is 1.24. The van der Waals surface area contributed by atoms with Gasteiger partial charge in [-0.3, -0.25) is 14.7 Å². The molecule has 1 saturated heterocycles. The highest BCUT2D eigenvalue weighted by atomic mass is 32.1. The molecule has 0 spiro atoms. The number of carbonyl (C=O) groups is 1. The third-order valence-corrected chi connectivity index (χ3v) is 7.11. The minimum atomic E-state index is -3.31. The summed E-state index contributed by atoms with van der Waals surface area (Å²) in [6, 6.07) is 2.88. The predicted molar refractivity (Wildman–Crippen MR) is 123 cm³/mol. The van der Waals surface area contributed by atoms with Gasteiger partial charge in [0.25, 0.3) is 5.92 Å². The SMILES string of the molecule is CN1CC[C@H]2C[C@H]1C(=O)NCC(F)(F)COc1c(-c3cnc(CO)s3)ccc3ncc(nc13)N2. The first kappa shape index (κ1) is 22.8. The van der Waals surface area contributed by atoms with Crippen molar-refractivity contribution in [3.63, 3.8) is 0 Å². The molecule has 0 saturated carbocycles. The fourth-order valence-electron chi connectivity index (χ4n) is 4.26. The Bertz CT molecular complexity index is 1220. The lowest BCUT2D eigenvalue weighted by molar-refractivity contribution is -0.129. The van der Waals surface area contributed by atoms with Gasteiger partial charge in [-0.1, -0.05) is 0 Å². The highest BCUT2D eigenvalue weighted by Gasteiger charge is 2.36. The highest BCUT2D eigenvalue weighted by molar-refractivity contribution is 7.15. The number of hydrogen-bond acceptors (Lipinski definition) is 9. The molecule has 5 rings (SSSR count). The number of benzene rings is 1. The molecule has 1 fully saturated rings. The van der Waals surface area contributed by atoms with Crippen molar-refractivity contribution in [2.45, 2.75) is 37.5 Å². The number of aliphatic hydroxyl groups excluding tert-OH is 1. The van der Waals surface area contributed by atoms with E-state index in [1.54, 1.807) is 24.5 Å². The maximum absolute atomic E-state index is 14.8. The lowest BCUT2D eigenvalue weighted by Crippen LogP contribution is -2.54. The van der Waals surface area contributed by atoms with Crippen molar-refractivity contribution in [3.05, 3.63) is 29.5 Å². The van der Waals surface area contributed by atoms with Gasteiger partial charge in [-0.05, 0) is 32.0 Å². The molecule has 1 aromatic carbocycles. The Kier molecular flexibility index (Phi) is 6.04. The minimum Gasteiger partial charge on any atom is -0.484 e. The summed E-state index contributed by atoms with van der Waals surface area (Å²) in [5.41, 5.74) is 1.38. The summed E-state index contributed by atoms with van der Waals surface area (Å²) in [6.07, 6.45) is 4.39. The number of halogens is 2. The number of thiazole rings is 1. The fourth-order valence-corrected chi connectivity index (χ4v) is 5.06. The molecule has 4 heterocycles. The van der Waals surface area contributed by atoms with E-state index in [1.165, 1.54) is 11.3 Å². The summed E-state index contributed by atoms with van der Waals surface area (Å²) < 4.78 is 35.2. The second-order valence-corrected chi connectivity index (χ2v) is 9.68. The standard InChI is InChI=1S/C22H24F2N6O3S/c1-30-5-4-12-6-15(30)21(32)27-10-22(23,24)11-33-20-13(16-7-26-18(9-31)34-16)2-3-14-19(20)29-17(28-12)8-25-14/h2-3,7-8,12,15,31H,4-6,9-11H2,1H3,(H,27,32)(H,28,29)/t12-,15-/m0/s1. The van der Waals surface area contributed by atoms with E-state index < -0.39 is 31.0 Å². The fraction of sp³-hybridized carbons (Fsp3) is 0.455. The third-order valence-electron chi connectivity index (χ3n) is 6.10. The number of likely N-dealkylation sites (N-methyl/N-ethyl adjacent to an activating group) is 1. The van der Waals surface area contributed by atoms with Crippen molar-refractivity contribution in [3.8, 4) is 16.2 Å². The van der Waals surface area contributed by atoms with Crippen LogP contribution >= 0.6 is 11.3 Å². The van der Waals surface area contributed by atoms with Crippen molar-refractivity contribution in [1.29, 1.82) is 0 Å². The average Bonchev–Trinajstić information content (AvgIpc) is 3.31. The van der Waals surface area contributed by atoms with E-state index >= 15 is 0 Å². The van der Waals surface area contributed by atoms with Gasteiger partial charge in [-0.25, -0.2) is 18.7 Å². The number of rotatable bonds is 2. The number of piperidine rings is 1. The number of hydrogen-bond donors (Lipinski definition) is 3. The molecule has 0 radical (unpaired) electrons. The van der Waals surface area contributed by atoms with E-state index in [-0.39, 0.29) is 18.4 Å². The summed E-state index contributed by atoms with van der Waals surface area (Å²) in [5.74, 6) is -3.10. The van der Waals surface area contributed by atoms with E-state index in [2.05, 4.69) is 25.6 Å². The Morgan fingerprint density at radius 1 is 1.32 bits per heavy atom. The van der Waals surface area contributed by atoms with Crippen LogP contribution in [-0.4, -0.2) is 75.6 Å². The van der Waals surface area contributed by atoms with Crippen LogP contribution in [0.15, 0.2) is 24.5 Å². The first-order valence-corrected chi connectivity index (χ1v) is 11.8. The van der Waals surface area contributed by atoms with E-state index in [0.29, 0.717) is 45.3 Å². The Hall–Kier alpha value is -2.96. The number of amides is 1. The van der Waals surface area contributed by atoms with E-state index in [1.807, 2.05) is 11.9 Å². The molecule has 2 atom stereocenters. The first-order valence-electron chi connectivity index (χ1n) is 10.9. The van der Waals surface area contributed by atoms with Gasteiger partial charge in [0.1, 0.15) is 16.3 Å². The maximum atomic E-state index is 14.8. The number of nitrogens with zero attached hydrogens (tertiary/aromatic N) is 4. The second-order valence-electron chi connectivity index (χ2n) is 8.57. The molecule has 12 heteroatoms. The van der Waals surface area contributed by atoms with Crippen molar-refractivity contribution in [2.75, 3.05) is 32.1 Å². The number of aliphatic hydroxyl groups is 1. The van der Waals surface area contributed by atoms with Crippen molar-refractivity contribution in [2.24, 2.45) is 0 Å². The lowest BCUT2D eigenvalue weighted by atomic mass is 9.97. The summed E-state index contributed by atoms with van der Waals surface area (Å²) in [7, 11) is 1.82. The lowest BCUT2D eigenvalue weighted by Gasteiger charge is -2.37. The van der Waals surface area contributed by atoms with E-state index in [4.69, 9.17) is 4.74 Å². The number of aromatic nitrogens is 3. The van der Waals surface area contributed by atoms with Gasteiger partial charge in [0.05, 0.1) is 35.8 Å². The molecule has 180 valence electrons. The third kappa shape index (κ3) is 4.52. The van der Waals surface area contributed by atoms with Gasteiger partial charge in [0.15, 0.2) is 12.4 Å². The smallest absolute Gasteiger partial charge is 0.298 e. The van der Waals surface area contributed by atoms with Gasteiger partial charge in [0, 0.05) is 24.3 Å². The van der Waals surface area contributed by atoms with Crippen LogP contribution in [0.25, 0.3) is 21.5 Å². The number of anilines is 1. The summed E-state index contributed by atoms with van der Waals surface area (Å²) in [5, 5.41) is 15.6. The van der Waals surface area contributed by atoms with Crippen LogP contribution in [0, 0.1) is 0 Å². The molecule has 34 heavy (non-hydrogen) atoms. The Labute approximate surface area is 198 Å². The molecule has 9 nitrogen and oxygen atoms in total. The van der Waals surface area contributed by atoms with Crippen molar-refractivity contribution in [1.82, 2.24) is 25.2 Å². The number of ether oxygens (including phenoxy) is 1. The highest BCUT2D eigenvalue weighted by Crippen LogP contribution is 2.39. The largest absolute Gasteiger partial charge is 0.484 e. The van der Waals surface area contributed by atoms with Gasteiger partial charge in [-0.15, -0.1) is 11.3 Å². The quantitative estimate of drug-likeness (QED) is 0.502. The molecule has 1 amide bonds. The number of nitrogens with one attached hydrogen (secondary N) is 2. The molecule has 2 aliphatic heterocycles. The second kappa shape index (κ2) is 9.01. The molecule has 3 N–H and O–H groups in total. The van der Waals surface area contributed by atoms with Gasteiger partial charge >= 0.3 is 0 Å². The molecule has 2 aromatic heterocycles. The molecule has 2 aliphatic rings. The zero-order chi connectivity index (χ0) is 23.9. The van der Waals surface area contributed by atoms with Gasteiger partial charge < -0.3 is 20.5 Å². The summed E-state index contributed by atoms with van der Waals surface area (Å²) in [4.78, 5) is 28.5. The zero-order valence-electron chi connectivity index (χ0n) is 18.4. The molecule has 3 aromatic rings. The Balaban J connectivity index is 1.61. The normalized spacial score (nSPS) is 23.1. The van der Waals surface area contributed by atoms with Crippen LogP contribution in [0.3, 0.4) is 0 Å². The monoisotopic (exact) mass is 490 g/mol. The number of likely N-dealkylation sites (tertiary alicyclic amines) is 1. The van der Waals surface area contributed by atoms with Crippen LogP contribution < -0.4 is 15.4 Å². The number of alkyl halides is 2.